The lowest BCUT2D eigenvalue weighted by molar-refractivity contribution is 0.594. The van der Waals surface area contributed by atoms with Crippen molar-refractivity contribution in [3.05, 3.63) is 29.8 Å². The van der Waals surface area contributed by atoms with E-state index < -0.39 is 0 Å². The van der Waals surface area contributed by atoms with Gasteiger partial charge in [-0.05, 0) is 6.07 Å². The molecule has 14 heavy (non-hydrogen) atoms. The maximum absolute atomic E-state index is 5.44. The highest BCUT2D eigenvalue weighted by Crippen LogP contribution is 2.17. The predicted octanol–water partition coefficient (Wildman–Crippen LogP) is -0.176. The molecule has 0 saturated carbocycles. The number of hydrazine groups is 1. The molecule has 2 aromatic heterocycles. The molecule has 3 N–H and O–H groups in total. The van der Waals surface area contributed by atoms with Crippen LogP contribution >= 0.6 is 11.7 Å². The van der Waals surface area contributed by atoms with Gasteiger partial charge < -0.3 is 0 Å². The van der Waals surface area contributed by atoms with Crippen LogP contribution in [-0.4, -0.2) is 18.5 Å². The second-order valence-corrected chi connectivity index (χ2v) is 3.40. The first-order chi connectivity index (χ1) is 6.81. The fourth-order valence-electron chi connectivity index (χ4n) is 1.21. The van der Waals surface area contributed by atoms with Gasteiger partial charge in [0.05, 0.1) is 29.3 Å². The topological polar surface area (TPSA) is 81.7 Å². The van der Waals surface area contributed by atoms with Crippen molar-refractivity contribution < 1.29 is 0 Å². The van der Waals surface area contributed by atoms with Gasteiger partial charge in [0.2, 0.25) is 0 Å². The fraction of sp³-hybridized carbons (Fsp3) is 0.286. The van der Waals surface area contributed by atoms with Crippen LogP contribution in [0.15, 0.2) is 18.5 Å². The van der Waals surface area contributed by atoms with E-state index in [2.05, 4.69) is 19.3 Å². The Kier molecular flexibility index (Phi) is 2.53. The molecule has 2 rings (SSSR count). The highest BCUT2D eigenvalue weighted by atomic mass is 32.1. The second-order valence-electron chi connectivity index (χ2n) is 2.85. The Balaban J connectivity index is 2.31. The van der Waals surface area contributed by atoms with Crippen LogP contribution in [0.4, 0.5) is 0 Å². The highest BCUT2D eigenvalue weighted by molar-refractivity contribution is 6.99. The van der Waals surface area contributed by atoms with E-state index in [-0.39, 0.29) is 6.04 Å². The van der Waals surface area contributed by atoms with Crippen LogP contribution in [-0.2, 0) is 7.05 Å². The molecule has 0 aliphatic heterocycles. The molecule has 2 aromatic rings. The second kappa shape index (κ2) is 3.82. The van der Waals surface area contributed by atoms with Crippen LogP contribution < -0.4 is 11.3 Å². The molecule has 6 nitrogen and oxygen atoms in total. The monoisotopic (exact) mass is 210 g/mol. The van der Waals surface area contributed by atoms with Crippen molar-refractivity contribution in [2.45, 2.75) is 6.04 Å². The van der Waals surface area contributed by atoms with Crippen molar-refractivity contribution in [2.75, 3.05) is 0 Å². The average molecular weight is 210 g/mol. The zero-order valence-corrected chi connectivity index (χ0v) is 8.40. The van der Waals surface area contributed by atoms with Crippen LogP contribution in [0.3, 0.4) is 0 Å². The summed E-state index contributed by atoms with van der Waals surface area (Å²) in [4.78, 5) is 0. The summed E-state index contributed by atoms with van der Waals surface area (Å²) < 4.78 is 9.76. The Morgan fingerprint density at radius 3 is 2.93 bits per heavy atom. The van der Waals surface area contributed by atoms with Gasteiger partial charge in [-0.2, -0.15) is 13.8 Å². The molecule has 0 spiro atoms. The summed E-state index contributed by atoms with van der Waals surface area (Å²) >= 11 is 1.15. The number of hydrogen-bond acceptors (Lipinski definition) is 6. The minimum absolute atomic E-state index is 0.185. The lowest BCUT2D eigenvalue weighted by Crippen LogP contribution is -2.29. The molecule has 2 heterocycles. The molecular weight excluding hydrogens is 200 g/mol. The minimum Gasteiger partial charge on any atom is -0.275 e. The Hall–Kier alpha value is -1.31. The normalized spacial score (nSPS) is 13.0. The van der Waals surface area contributed by atoms with Crippen LogP contribution in [0.1, 0.15) is 17.4 Å². The number of aromatic nitrogens is 4. The molecule has 1 unspecified atom stereocenters. The zero-order chi connectivity index (χ0) is 9.97. The standard InChI is InChI=1S/C7H10N6S/c1-13-3-2-5(11-13)7(10-8)6-4-9-14-12-6/h2-4,7,10H,8H2,1H3. The molecule has 1 atom stereocenters. The summed E-state index contributed by atoms with van der Waals surface area (Å²) in [6.07, 6.45) is 3.54. The highest BCUT2D eigenvalue weighted by Gasteiger charge is 2.17. The van der Waals surface area contributed by atoms with Gasteiger partial charge in [-0.25, -0.2) is 5.43 Å². The Bertz CT molecular complexity index is 394. The van der Waals surface area contributed by atoms with Gasteiger partial charge in [-0.1, -0.05) is 0 Å². The number of aryl methyl sites for hydroxylation is 1. The SMILES string of the molecule is Cn1ccc(C(NN)c2cnsn2)n1. The van der Waals surface area contributed by atoms with E-state index in [0.29, 0.717) is 0 Å². The minimum atomic E-state index is -0.185. The van der Waals surface area contributed by atoms with Gasteiger partial charge in [0.15, 0.2) is 0 Å². The molecular formula is C7H10N6S. The number of nitrogens with zero attached hydrogens (tertiary/aromatic N) is 4. The Morgan fingerprint density at radius 1 is 1.57 bits per heavy atom. The van der Waals surface area contributed by atoms with E-state index in [1.165, 1.54) is 0 Å². The van der Waals surface area contributed by atoms with Gasteiger partial charge in [0.1, 0.15) is 6.04 Å². The predicted molar refractivity (Wildman–Crippen MR) is 52.3 cm³/mol. The van der Waals surface area contributed by atoms with E-state index in [0.717, 1.165) is 23.1 Å². The Morgan fingerprint density at radius 2 is 2.43 bits per heavy atom. The number of hydrogen-bond donors (Lipinski definition) is 2. The zero-order valence-electron chi connectivity index (χ0n) is 7.58. The first-order valence-corrected chi connectivity index (χ1v) is 4.77. The quantitative estimate of drug-likeness (QED) is 0.542. The van der Waals surface area contributed by atoms with E-state index in [1.54, 1.807) is 10.9 Å². The smallest absolute Gasteiger partial charge is 0.110 e. The molecule has 7 heteroatoms. The van der Waals surface area contributed by atoms with Crippen LogP contribution in [0.25, 0.3) is 0 Å². The van der Waals surface area contributed by atoms with Crippen molar-refractivity contribution in [1.29, 1.82) is 0 Å². The van der Waals surface area contributed by atoms with Gasteiger partial charge in [-0.15, -0.1) is 0 Å². The van der Waals surface area contributed by atoms with Crippen LogP contribution in [0.2, 0.25) is 0 Å². The Labute approximate surface area is 85.0 Å². The average Bonchev–Trinajstić information content (AvgIpc) is 2.79. The molecule has 0 amide bonds. The maximum Gasteiger partial charge on any atom is 0.110 e. The summed E-state index contributed by atoms with van der Waals surface area (Å²) in [5.74, 6) is 5.44. The van der Waals surface area contributed by atoms with Gasteiger partial charge in [0, 0.05) is 13.2 Å². The largest absolute Gasteiger partial charge is 0.275 e. The lowest BCUT2D eigenvalue weighted by Gasteiger charge is -2.08. The van der Waals surface area contributed by atoms with E-state index in [9.17, 15) is 0 Å². The molecule has 0 aliphatic carbocycles. The maximum atomic E-state index is 5.44. The molecule has 0 saturated heterocycles. The summed E-state index contributed by atoms with van der Waals surface area (Å²) in [5.41, 5.74) is 4.29. The fourth-order valence-corrected chi connectivity index (χ4v) is 1.66. The third-order valence-corrected chi connectivity index (χ3v) is 2.36. The number of rotatable bonds is 3. The van der Waals surface area contributed by atoms with E-state index >= 15 is 0 Å². The lowest BCUT2D eigenvalue weighted by atomic mass is 10.2. The molecule has 0 fully saturated rings. The van der Waals surface area contributed by atoms with Crippen molar-refractivity contribution in [3.8, 4) is 0 Å². The molecule has 0 bridgehead atoms. The van der Waals surface area contributed by atoms with E-state index in [1.807, 2.05) is 19.3 Å². The third kappa shape index (κ3) is 1.65. The van der Waals surface area contributed by atoms with Crippen molar-refractivity contribution in [2.24, 2.45) is 12.9 Å². The third-order valence-electron chi connectivity index (χ3n) is 1.87. The molecule has 74 valence electrons. The first kappa shape index (κ1) is 9.25. The van der Waals surface area contributed by atoms with Crippen molar-refractivity contribution >= 4 is 11.7 Å². The molecule has 0 radical (unpaired) electrons. The van der Waals surface area contributed by atoms with Crippen molar-refractivity contribution in [3.63, 3.8) is 0 Å². The van der Waals surface area contributed by atoms with Crippen molar-refractivity contribution in [1.82, 2.24) is 24.0 Å². The van der Waals surface area contributed by atoms with Gasteiger partial charge >= 0.3 is 0 Å². The van der Waals surface area contributed by atoms with Gasteiger partial charge in [-0.3, -0.25) is 10.5 Å². The van der Waals surface area contributed by atoms with Crippen LogP contribution in [0, 0.1) is 0 Å². The molecule has 0 aromatic carbocycles. The van der Waals surface area contributed by atoms with Crippen LogP contribution in [0.5, 0.6) is 0 Å². The summed E-state index contributed by atoms with van der Waals surface area (Å²) in [6, 6.07) is 1.71. The summed E-state index contributed by atoms with van der Waals surface area (Å²) in [7, 11) is 1.86. The number of nitrogens with two attached hydrogens (primary N) is 1. The first-order valence-electron chi connectivity index (χ1n) is 4.04. The van der Waals surface area contributed by atoms with Gasteiger partial charge in [0.25, 0.3) is 0 Å². The number of nitrogens with one attached hydrogen (secondary N) is 1. The molecule has 0 aliphatic rings. The summed E-state index contributed by atoms with van der Waals surface area (Å²) in [5, 5.41) is 4.25. The van der Waals surface area contributed by atoms with E-state index in [4.69, 9.17) is 5.84 Å². The summed E-state index contributed by atoms with van der Waals surface area (Å²) in [6.45, 7) is 0.